The average molecular weight is 272 g/mol. The van der Waals surface area contributed by atoms with E-state index in [0.717, 1.165) is 17.0 Å². The van der Waals surface area contributed by atoms with Crippen LogP contribution in [-0.2, 0) is 12.0 Å². The third-order valence-electron chi connectivity index (χ3n) is 3.88. The van der Waals surface area contributed by atoms with E-state index in [-0.39, 0.29) is 5.41 Å². The van der Waals surface area contributed by atoms with Gasteiger partial charge in [0.25, 0.3) is 0 Å². The van der Waals surface area contributed by atoms with Gasteiger partial charge in [0.05, 0.1) is 24.7 Å². The van der Waals surface area contributed by atoms with E-state index in [1.165, 1.54) is 5.56 Å². The summed E-state index contributed by atoms with van der Waals surface area (Å²) >= 11 is 0. The van der Waals surface area contributed by atoms with Gasteiger partial charge in [-0.05, 0) is 30.4 Å². The van der Waals surface area contributed by atoms with Crippen LogP contribution in [0.5, 0.6) is 0 Å². The Labute approximate surface area is 121 Å². The monoisotopic (exact) mass is 272 g/mol. The largest absolute Gasteiger partial charge is 0.387 e. The van der Waals surface area contributed by atoms with E-state index in [0.29, 0.717) is 6.54 Å². The van der Waals surface area contributed by atoms with Gasteiger partial charge in [-0.1, -0.05) is 45.0 Å². The Morgan fingerprint density at radius 2 is 1.75 bits per heavy atom. The summed E-state index contributed by atoms with van der Waals surface area (Å²) in [7, 11) is 0. The van der Waals surface area contributed by atoms with Crippen molar-refractivity contribution < 1.29 is 5.11 Å². The molecule has 0 spiro atoms. The molecule has 1 N–H and O–H groups in total. The number of nitrogens with zero attached hydrogens (tertiary/aromatic N) is 2. The number of aliphatic hydroxyl groups is 1. The van der Waals surface area contributed by atoms with Crippen LogP contribution in [0.15, 0.2) is 30.6 Å². The molecule has 20 heavy (non-hydrogen) atoms. The van der Waals surface area contributed by atoms with Crippen molar-refractivity contribution in [3.05, 3.63) is 53.1 Å². The molecule has 3 heteroatoms. The molecular weight excluding hydrogens is 248 g/mol. The second-order valence-corrected chi connectivity index (χ2v) is 6.46. The molecule has 0 saturated heterocycles. The second-order valence-electron chi connectivity index (χ2n) is 6.46. The first-order chi connectivity index (χ1) is 9.29. The lowest BCUT2D eigenvalue weighted by molar-refractivity contribution is 0.155. The van der Waals surface area contributed by atoms with E-state index in [1.807, 2.05) is 30.5 Å². The molecule has 0 amide bonds. The molecule has 1 unspecified atom stereocenters. The van der Waals surface area contributed by atoms with Gasteiger partial charge in [-0.2, -0.15) is 0 Å². The lowest BCUT2D eigenvalue weighted by Crippen LogP contribution is -2.12. The molecule has 2 rings (SSSR count). The molecule has 1 aromatic carbocycles. The number of hydrogen-bond acceptors (Lipinski definition) is 2. The predicted molar refractivity (Wildman–Crippen MR) is 81.8 cm³/mol. The fraction of sp³-hybridized carbons (Fsp3) is 0.471. The second kappa shape index (κ2) is 5.41. The standard InChI is InChI=1S/C17H24N2O/c1-12-13(2)19(11-18-12)10-16(20)14-6-8-15(9-7-14)17(3,4)5/h6-9,11,16,20H,10H2,1-5H3. The van der Waals surface area contributed by atoms with Crippen molar-refractivity contribution in [2.45, 2.75) is 52.7 Å². The highest BCUT2D eigenvalue weighted by Gasteiger charge is 2.15. The molecule has 0 aliphatic heterocycles. The van der Waals surface area contributed by atoms with Crippen LogP contribution in [0.3, 0.4) is 0 Å². The molecular formula is C17H24N2O. The average Bonchev–Trinajstić information content (AvgIpc) is 2.70. The van der Waals surface area contributed by atoms with Crippen molar-refractivity contribution >= 4 is 0 Å². The predicted octanol–water partition coefficient (Wildman–Crippen LogP) is 3.53. The molecule has 3 nitrogen and oxygen atoms in total. The van der Waals surface area contributed by atoms with Gasteiger partial charge in [0.1, 0.15) is 0 Å². The fourth-order valence-electron chi connectivity index (χ4n) is 2.23. The molecule has 0 saturated carbocycles. The number of aromatic nitrogens is 2. The molecule has 2 aromatic rings. The van der Waals surface area contributed by atoms with Gasteiger partial charge in [-0.3, -0.25) is 0 Å². The highest BCUT2D eigenvalue weighted by Crippen LogP contribution is 2.24. The van der Waals surface area contributed by atoms with Crippen LogP contribution in [0.2, 0.25) is 0 Å². The topological polar surface area (TPSA) is 38.0 Å². The van der Waals surface area contributed by atoms with Gasteiger partial charge in [-0.25, -0.2) is 4.98 Å². The molecule has 0 fully saturated rings. The first-order valence-corrected chi connectivity index (χ1v) is 7.06. The maximum absolute atomic E-state index is 10.4. The van der Waals surface area contributed by atoms with Crippen LogP contribution in [0.1, 0.15) is 49.4 Å². The zero-order chi connectivity index (χ0) is 14.9. The van der Waals surface area contributed by atoms with Gasteiger partial charge >= 0.3 is 0 Å². The van der Waals surface area contributed by atoms with E-state index in [1.54, 1.807) is 6.33 Å². The third kappa shape index (κ3) is 3.10. The lowest BCUT2D eigenvalue weighted by atomic mass is 9.86. The number of aliphatic hydroxyl groups excluding tert-OH is 1. The minimum Gasteiger partial charge on any atom is -0.387 e. The number of rotatable bonds is 3. The smallest absolute Gasteiger partial charge is 0.0969 e. The molecule has 0 aliphatic rings. The summed E-state index contributed by atoms with van der Waals surface area (Å²) in [5, 5.41) is 10.4. The number of aryl methyl sites for hydroxylation is 1. The van der Waals surface area contributed by atoms with Crippen LogP contribution in [0, 0.1) is 13.8 Å². The van der Waals surface area contributed by atoms with Crippen molar-refractivity contribution in [3.63, 3.8) is 0 Å². The van der Waals surface area contributed by atoms with Crippen LogP contribution in [0.25, 0.3) is 0 Å². The van der Waals surface area contributed by atoms with Gasteiger partial charge in [0.15, 0.2) is 0 Å². The number of hydrogen-bond donors (Lipinski definition) is 1. The van der Waals surface area contributed by atoms with Crippen molar-refractivity contribution in [2.24, 2.45) is 0 Å². The quantitative estimate of drug-likeness (QED) is 0.928. The SMILES string of the molecule is Cc1ncn(CC(O)c2ccc(C(C)(C)C)cc2)c1C. The van der Waals surface area contributed by atoms with E-state index in [4.69, 9.17) is 0 Å². The Kier molecular flexibility index (Phi) is 4.00. The van der Waals surface area contributed by atoms with Gasteiger partial charge in [0, 0.05) is 5.69 Å². The molecule has 108 valence electrons. The first-order valence-electron chi connectivity index (χ1n) is 7.06. The summed E-state index contributed by atoms with van der Waals surface area (Å²) in [6, 6.07) is 8.24. The highest BCUT2D eigenvalue weighted by molar-refractivity contribution is 5.28. The summed E-state index contributed by atoms with van der Waals surface area (Å²) in [6.45, 7) is 11.1. The van der Waals surface area contributed by atoms with Gasteiger partial charge in [0.2, 0.25) is 0 Å². The van der Waals surface area contributed by atoms with Crippen molar-refractivity contribution in [2.75, 3.05) is 0 Å². The maximum Gasteiger partial charge on any atom is 0.0969 e. The molecule has 0 bridgehead atoms. The zero-order valence-corrected chi connectivity index (χ0v) is 13.0. The Bertz CT molecular complexity index is 576. The maximum atomic E-state index is 10.4. The lowest BCUT2D eigenvalue weighted by Gasteiger charge is -2.20. The van der Waals surface area contributed by atoms with Crippen LogP contribution in [-0.4, -0.2) is 14.7 Å². The van der Waals surface area contributed by atoms with Gasteiger partial charge < -0.3 is 9.67 Å². The summed E-state index contributed by atoms with van der Waals surface area (Å²) in [4.78, 5) is 4.26. The summed E-state index contributed by atoms with van der Waals surface area (Å²) in [5.41, 5.74) is 4.49. The van der Waals surface area contributed by atoms with E-state index in [2.05, 4.69) is 37.9 Å². The third-order valence-corrected chi connectivity index (χ3v) is 3.88. The van der Waals surface area contributed by atoms with E-state index in [9.17, 15) is 5.11 Å². The summed E-state index contributed by atoms with van der Waals surface area (Å²) in [6.07, 6.45) is 1.29. The van der Waals surface area contributed by atoms with Crippen LogP contribution < -0.4 is 0 Å². The molecule has 0 aliphatic carbocycles. The van der Waals surface area contributed by atoms with E-state index >= 15 is 0 Å². The van der Waals surface area contributed by atoms with Crippen LogP contribution in [0.4, 0.5) is 0 Å². The number of benzene rings is 1. The Hall–Kier alpha value is -1.61. The molecule has 1 atom stereocenters. The van der Waals surface area contributed by atoms with Crippen molar-refractivity contribution in [1.82, 2.24) is 9.55 Å². The Balaban J connectivity index is 2.13. The molecule has 1 aromatic heterocycles. The first kappa shape index (κ1) is 14.8. The summed E-state index contributed by atoms with van der Waals surface area (Å²) in [5.74, 6) is 0. The fourth-order valence-corrected chi connectivity index (χ4v) is 2.23. The minimum atomic E-state index is -0.503. The number of imidazole rings is 1. The van der Waals surface area contributed by atoms with Crippen molar-refractivity contribution in [3.8, 4) is 0 Å². The minimum absolute atomic E-state index is 0.140. The van der Waals surface area contributed by atoms with Gasteiger partial charge in [-0.15, -0.1) is 0 Å². The van der Waals surface area contributed by atoms with E-state index < -0.39 is 6.10 Å². The zero-order valence-electron chi connectivity index (χ0n) is 13.0. The Morgan fingerprint density at radius 3 is 2.20 bits per heavy atom. The summed E-state index contributed by atoms with van der Waals surface area (Å²) < 4.78 is 2.00. The van der Waals surface area contributed by atoms with Crippen molar-refractivity contribution in [1.29, 1.82) is 0 Å². The Morgan fingerprint density at radius 1 is 1.15 bits per heavy atom. The van der Waals surface area contributed by atoms with Crippen LogP contribution >= 0.6 is 0 Å². The molecule has 0 radical (unpaired) electrons. The molecule has 1 heterocycles. The highest BCUT2D eigenvalue weighted by atomic mass is 16.3. The normalized spacial score (nSPS) is 13.5.